The second-order valence-electron chi connectivity index (χ2n) is 4.74. The van der Waals surface area contributed by atoms with Crippen LogP contribution >= 0.6 is 0 Å². The van der Waals surface area contributed by atoms with Crippen LogP contribution < -0.4 is 14.2 Å². The molecule has 0 aliphatic carbocycles. The zero-order valence-corrected chi connectivity index (χ0v) is 13.1. The number of benzene rings is 1. The van der Waals surface area contributed by atoms with Crippen molar-refractivity contribution < 1.29 is 23.7 Å². The molecule has 1 aromatic carbocycles. The first-order valence-electron chi connectivity index (χ1n) is 7.04. The van der Waals surface area contributed by atoms with Gasteiger partial charge in [-0.05, 0) is 12.1 Å². The highest BCUT2D eigenvalue weighted by molar-refractivity contribution is 6.05. The van der Waals surface area contributed by atoms with E-state index in [-0.39, 0.29) is 5.78 Å². The first-order valence-corrected chi connectivity index (χ1v) is 7.04. The molecule has 0 unspecified atom stereocenters. The summed E-state index contributed by atoms with van der Waals surface area (Å²) in [5.74, 6) is 1.28. The van der Waals surface area contributed by atoms with Crippen LogP contribution in [0.2, 0.25) is 0 Å². The molecule has 1 aromatic rings. The van der Waals surface area contributed by atoms with Crippen molar-refractivity contribution in [1.82, 2.24) is 4.90 Å². The molecule has 2 rings (SSSR count). The van der Waals surface area contributed by atoms with Crippen molar-refractivity contribution in [3.8, 4) is 17.2 Å². The predicted molar refractivity (Wildman–Crippen MR) is 82.0 cm³/mol. The van der Waals surface area contributed by atoms with Gasteiger partial charge in [-0.3, -0.25) is 4.79 Å². The molecule has 0 aromatic heterocycles. The number of methoxy groups -OCH3 is 3. The lowest BCUT2D eigenvalue weighted by atomic mass is 10.1. The van der Waals surface area contributed by atoms with Crippen LogP contribution in [-0.4, -0.2) is 58.3 Å². The van der Waals surface area contributed by atoms with Crippen LogP contribution in [0, 0.1) is 0 Å². The third-order valence-corrected chi connectivity index (χ3v) is 3.43. The van der Waals surface area contributed by atoms with E-state index in [1.807, 2.05) is 0 Å². The van der Waals surface area contributed by atoms with Crippen LogP contribution in [0.4, 0.5) is 0 Å². The van der Waals surface area contributed by atoms with Crippen LogP contribution in [0.3, 0.4) is 0 Å². The van der Waals surface area contributed by atoms with E-state index in [2.05, 4.69) is 4.90 Å². The number of hydrogen-bond acceptors (Lipinski definition) is 6. The number of carbonyl (C=O) groups is 1. The lowest BCUT2D eigenvalue weighted by Crippen LogP contribution is -2.32. The Morgan fingerprint density at radius 2 is 1.68 bits per heavy atom. The van der Waals surface area contributed by atoms with Gasteiger partial charge < -0.3 is 23.8 Å². The van der Waals surface area contributed by atoms with Gasteiger partial charge in [0.1, 0.15) is 0 Å². The highest BCUT2D eigenvalue weighted by Gasteiger charge is 2.16. The van der Waals surface area contributed by atoms with Crippen molar-refractivity contribution in [3.63, 3.8) is 0 Å². The third-order valence-electron chi connectivity index (χ3n) is 3.43. The highest BCUT2D eigenvalue weighted by atomic mass is 16.5. The fourth-order valence-electron chi connectivity index (χ4n) is 2.22. The summed E-state index contributed by atoms with van der Waals surface area (Å²) in [5.41, 5.74) is 0.485. The summed E-state index contributed by atoms with van der Waals surface area (Å²) < 4.78 is 21.0. The molecule has 6 nitrogen and oxygen atoms in total. The Hall–Kier alpha value is -2.21. The number of ketones is 1. The van der Waals surface area contributed by atoms with Crippen LogP contribution in [0.1, 0.15) is 10.4 Å². The van der Waals surface area contributed by atoms with Crippen molar-refractivity contribution in [1.29, 1.82) is 0 Å². The monoisotopic (exact) mass is 307 g/mol. The second-order valence-corrected chi connectivity index (χ2v) is 4.74. The Labute approximate surface area is 130 Å². The Balaban J connectivity index is 2.19. The van der Waals surface area contributed by atoms with Gasteiger partial charge in [0.2, 0.25) is 5.75 Å². The van der Waals surface area contributed by atoms with Crippen LogP contribution in [0.25, 0.3) is 0 Å². The lowest BCUT2D eigenvalue weighted by molar-refractivity contribution is 0.0591. The molecule has 0 saturated carbocycles. The van der Waals surface area contributed by atoms with Gasteiger partial charge >= 0.3 is 0 Å². The lowest BCUT2D eigenvalue weighted by Gasteiger charge is -2.24. The third kappa shape index (κ3) is 3.71. The largest absolute Gasteiger partial charge is 0.493 e. The number of nitrogens with zero attached hydrogens (tertiary/aromatic N) is 1. The SMILES string of the molecule is COc1cc(C(=O)/C=C/N2CCOCC2)cc(OC)c1OC. The van der Waals surface area contributed by atoms with E-state index in [1.54, 1.807) is 24.4 Å². The summed E-state index contributed by atoms with van der Waals surface area (Å²) in [5, 5.41) is 0. The summed E-state index contributed by atoms with van der Waals surface area (Å²) in [7, 11) is 4.57. The van der Waals surface area contributed by atoms with Crippen LogP contribution in [-0.2, 0) is 4.74 Å². The van der Waals surface area contributed by atoms with Crippen molar-refractivity contribution in [2.24, 2.45) is 0 Å². The number of carbonyl (C=O) groups excluding carboxylic acids is 1. The number of morpholine rings is 1. The maximum Gasteiger partial charge on any atom is 0.203 e. The quantitative estimate of drug-likeness (QED) is 0.589. The topological polar surface area (TPSA) is 57.2 Å². The van der Waals surface area contributed by atoms with Crippen LogP contribution in [0.15, 0.2) is 24.4 Å². The fourth-order valence-corrected chi connectivity index (χ4v) is 2.22. The van der Waals surface area contributed by atoms with Crippen LogP contribution in [0.5, 0.6) is 17.2 Å². The minimum absolute atomic E-state index is 0.120. The summed E-state index contributed by atoms with van der Waals surface area (Å²) in [4.78, 5) is 14.4. The van der Waals surface area contributed by atoms with E-state index >= 15 is 0 Å². The predicted octanol–water partition coefficient (Wildman–Crippen LogP) is 1.74. The van der Waals surface area contributed by atoms with Gasteiger partial charge in [-0.15, -0.1) is 0 Å². The number of allylic oxidation sites excluding steroid dienone is 1. The van der Waals surface area contributed by atoms with Gasteiger partial charge in [0.15, 0.2) is 17.3 Å². The number of hydrogen-bond donors (Lipinski definition) is 0. The summed E-state index contributed by atoms with van der Waals surface area (Å²) in [6.45, 7) is 2.95. The molecular weight excluding hydrogens is 286 g/mol. The number of rotatable bonds is 6. The average Bonchev–Trinajstić information content (AvgIpc) is 2.59. The fraction of sp³-hybridized carbons (Fsp3) is 0.438. The molecule has 1 heterocycles. The minimum Gasteiger partial charge on any atom is -0.493 e. The normalized spacial score (nSPS) is 15.0. The van der Waals surface area contributed by atoms with E-state index in [9.17, 15) is 4.79 Å². The summed E-state index contributed by atoms with van der Waals surface area (Å²) in [6.07, 6.45) is 3.35. The maximum atomic E-state index is 12.3. The molecule has 1 saturated heterocycles. The Kier molecular flexibility index (Phi) is 5.66. The van der Waals surface area contributed by atoms with E-state index in [4.69, 9.17) is 18.9 Å². The molecule has 1 aliphatic heterocycles. The van der Waals surface area contributed by atoms with E-state index < -0.39 is 0 Å². The second kappa shape index (κ2) is 7.70. The van der Waals surface area contributed by atoms with E-state index in [1.165, 1.54) is 21.3 Å². The zero-order valence-electron chi connectivity index (χ0n) is 13.1. The molecule has 6 heteroatoms. The van der Waals surface area contributed by atoms with Gasteiger partial charge in [-0.25, -0.2) is 0 Å². The van der Waals surface area contributed by atoms with Crippen molar-refractivity contribution in [2.75, 3.05) is 47.6 Å². The van der Waals surface area contributed by atoms with Gasteiger partial charge in [0.25, 0.3) is 0 Å². The maximum absolute atomic E-state index is 12.3. The van der Waals surface area contributed by atoms with Gasteiger partial charge in [-0.1, -0.05) is 0 Å². The minimum atomic E-state index is -0.120. The number of ether oxygens (including phenoxy) is 4. The average molecular weight is 307 g/mol. The molecule has 1 fully saturated rings. The van der Waals surface area contributed by atoms with Gasteiger partial charge in [0.05, 0.1) is 34.5 Å². The van der Waals surface area contributed by atoms with Crippen molar-refractivity contribution in [2.45, 2.75) is 0 Å². The Morgan fingerprint density at radius 3 is 2.18 bits per heavy atom. The molecule has 120 valence electrons. The Bertz CT molecular complexity index is 524. The van der Waals surface area contributed by atoms with Crippen molar-refractivity contribution in [3.05, 3.63) is 30.0 Å². The zero-order chi connectivity index (χ0) is 15.9. The molecular formula is C16H21NO5. The first kappa shape index (κ1) is 16.2. The molecule has 0 amide bonds. The molecule has 22 heavy (non-hydrogen) atoms. The molecule has 0 atom stereocenters. The summed E-state index contributed by atoms with van der Waals surface area (Å²) in [6, 6.07) is 3.29. The molecule has 0 radical (unpaired) electrons. The summed E-state index contributed by atoms with van der Waals surface area (Å²) >= 11 is 0. The Morgan fingerprint density at radius 1 is 1.09 bits per heavy atom. The standard InChI is InChI=1S/C16H21NO5/c1-19-14-10-12(11-15(20-2)16(14)21-3)13(18)4-5-17-6-8-22-9-7-17/h4-5,10-11H,6-9H2,1-3H3/b5-4+. The van der Waals surface area contributed by atoms with Gasteiger partial charge in [0, 0.05) is 30.9 Å². The smallest absolute Gasteiger partial charge is 0.203 e. The molecule has 0 spiro atoms. The highest BCUT2D eigenvalue weighted by Crippen LogP contribution is 2.38. The van der Waals surface area contributed by atoms with E-state index in [0.717, 1.165) is 13.1 Å². The van der Waals surface area contributed by atoms with Crippen molar-refractivity contribution >= 4 is 5.78 Å². The van der Waals surface area contributed by atoms with E-state index in [0.29, 0.717) is 36.0 Å². The molecule has 0 bridgehead atoms. The molecule has 1 aliphatic rings. The van der Waals surface area contributed by atoms with Gasteiger partial charge in [-0.2, -0.15) is 0 Å². The molecule has 0 N–H and O–H groups in total. The first-order chi connectivity index (χ1) is 10.7.